The van der Waals surface area contributed by atoms with E-state index in [1.165, 1.54) is 23.1 Å². The molecular weight excluding hydrogens is 496 g/mol. The van der Waals surface area contributed by atoms with Crippen molar-refractivity contribution in [1.82, 2.24) is 10.2 Å². The third-order valence-corrected chi connectivity index (χ3v) is 6.79. The fraction of sp³-hybridized carbons (Fsp3) is 0.391. The largest absolute Gasteiger partial charge is 0.352 e. The number of rotatable bonds is 11. The highest BCUT2D eigenvalue weighted by Crippen LogP contribution is 2.24. The molecule has 0 unspecified atom stereocenters. The van der Waals surface area contributed by atoms with Gasteiger partial charge in [-0.2, -0.15) is 0 Å². The van der Waals surface area contributed by atoms with Crippen LogP contribution >= 0.6 is 11.6 Å². The normalized spacial score (nSPS) is 12.9. The Kier molecular flexibility index (Phi) is 9.61. The van der Waals surface area contributed by atoms with Gasteiger partial charge in [-0.25, -0.2) is 8.42 Å². The molecule has 0 saturated heterocycles. The van der Waals surface area contributed by atoms with Crippen molar-refractivity contribution in [2.24, 2.45) is 0 Å². The number of carbonyl (C=O) groups excluding carboxylic acids is 2. The van der Waals surface area contributed by atoms with E-state index in [9.17, 15) is 28.1 Å². The lowest BCUT2D eigenvalue weighted by Gasteiger charge is -2.32. The van der Waals surface area contributed by atoms with Crippen molar-refractivity contribution in [3.63, 3.8) is 0 Å². The Morgan fingerprint density at radius 2 is 1.80 bits per heavy atom. The van der Waals surface area contributed by atoms with Crippen LogP contribution in [0.15, 0.2) is 48.5 Å². The molecule has 0 aromatic heterocycles. The van der Waals surface area contributed by atoms with Crippen molar-refractivity contribution in [2.75, 3.05) is 17.1 Å². The third-order valence-electron chi connectivity index (χ3n) is 5.42. The topological polar surface area (TPSA) is 130 Å². The molecule has 0 fully saturated rings. The van der Waals surface area contributed by atoms with Crippen LogP contribution in [0.3, 0.4) is 0 Å². The second kappa shape index (κ2) is 12.0. The number of carbonyl (C=O) groups is 2. The summed E-state index contributed by atoms with van der Waals surface area (Å²) in [5, 5.41) is 14.4. The Labute approximate surface area is 210 Å². The molecule has 0 aliphatic carbocycles. The summed E-state index contributed by atoms with van der Waals surface area (Å²) in [6, 6.07) is 10.7. The predicted octanol–water partition coefficient (Wildman–Crippen LogP) is 3.35. The van der Waals surface area contributed by atoms with Crippen molar-refractivity contribution in [1.29, 1.82) is 0 Å². The molecule has 0 aliphatic rings. The van der Waals surface area contributed by atoms with Crippen LogP contribution in [0.2, 0.25) is 5.02 Å². The molecule has 2 rings (SSSR count). The van der Waals surface area contributed by atoms with E-state index in [0.29, 0.717) is 17.0 Å². The lowest BCUT2D eigenvalue weighted by atomic mass is 10.1. The van der Waals surface area contributed by atoms with E-state index < -0.39 is 39.3 Å². The zero-order chi connectivity index (χ0) is 26.3. The Bertz CT molecular complexity index is 1190. The lowest BCUT2D eigenvalue weighted by Crippen LogP contribution is -2.52. The fourth-order valence-corrected chi connectivity index (χ4v) is 4.31. The number of benzene rings is 2. The van der Waals surface area contributed by atoms with E-state index in [1.807, 2.05) is 13.8 Å². The number of nitro benzene ring substituents is 1. The van der Waals surface area contributed by atoms with Gasteiger partial charge in [0.1, 0.15) is 12.6 Å². The van der Waals surface area contributed by atoms with Crippen LogP contribution in [0.1, 0.15) is 32.8 Å². The summed E-state index contributed by atoms with van der Waals surface area (Å²) in [4.78, 5) is 38.1. The molecule has 2 amide bonds. The number of anilines is 1. The molecule has 0 spiro atoms. The number of amides is 2. The summed E-state index contributed by atoms with van der Waals surface area (Å²) in [5.74, 6) is -1.05. The highest BCUT2D eigenvalue weighted by Gasteiger charge is 2.31. The summed E-state index contributed by atoms with van der Waals surface area (Å²) in [7, 11) is -4.00. The van der Waals surface area contributed by atoms with Gasteiger partial charge in [0, 0.05) is 29.7 Å². The molecule has 0 aliphatic heterocycles. The van der Waals surface area contributed by atoms with Crippen LogP contribution in [-0.2, 0) is 26.2 Å². The SMILES string of the molecule is CC[C@@H](C)NC(=O)[C@@H](C)N(Cc1cccc(Cl)c1)C(=O)CN(c1cccc([N+](=O)[O-])c1)S(C)(=O)=O. The van der Waals surface area contributed by atoms with Crippen LogP contribution in [-0.4, -0.2) is 54.9 Å². The molecule has 0 radical (unpaired) electrons. The van der Waals surface area contributed by atoms with Crippen LogP contribution in [0.4, 0.5) is 11.4 Å². The molecule has 0 bridgehead atoms. The van der Waals surface area contributed by atoms with Gasteiger partial charge in [0.25, 0.3) is 5.69 Å². The van der Waals surface area contributed by atoms with Gasteiger partial charge in [0.15, 0.2) is 0 Å². The van der Waals surface area contributed by atoms with E-state index in [4.69, 9.17) is 11.6 Å². The highest BCUT2D eigenvalue weighted by atomic mass is 35.5. The number of hydrogen-bond acceptors (Lipinski definition) is 6. The van der Waals surface area contributed by atoms with Gasteiger partial charge in [-0.15, -0.1) is 0 Å². The molecule has 10 nitrogen and oxygen atoms in total. The predicted molar refractivity (Wildman–Crippen MR) is 135 cm³/mol. The van der Waals surface area contributed by atoms with E-state index in [0.717, 1.165) is 16.6 Å². The first-order valence-electron chi connectivity index (χ1n) is 10.9. The first-order chi connectivity index (χ1) is 16.3. The number of non-ortho nitro benzene ring substituents is 1. The van der Waals surface area contributed by atoms with E-state index in [2.05, 4.69) is 5.32 Å². The summed E-state index contributed by atoms with van der Waals surface area (Å²) in [6.45, 7) is 4.65. The maximum Gasteiger partial charge on any atom is 0.271 e. The monoisotopic (exact) mass is 524 g/mol. The van der Waals surface area contributed by atoms with Gasteiger partial charge < -0.3 is 10.2 Å². The van der Waals surface area contributed by atoms with Crippen molar-refractivity contribution >= 4 is 44.8 Å². The minimum Gasteiger partial charge on any atom is -0.352 e. The Hall–Kier alpha value is -3.18. The molecule has 190 valence electrons. The zero-order valence-corrected chi connectivity index (χ0v) is 21.5. The van der Waals surface area contributed by atoms with Gasteiger partial charge >= 0.3 is 0 Å². The lowest BCUT2D eigenvalue weighted by molar-refractivity contribution is -0.384. The van der Waals surface area contributed by atoms with Crippen molar-refractivity contribution < 1.29 is 22.9 Å². The maximum atomic E-state index is 13.5. The number of sulfonamides is 1. The molecule has 2 aromatic rings. The summed E-state index contributed by atoms with van der Waals surface area (Å²) < 4.78 is 25.9. The second-order valence-corrected chi connectivity index (χ2v) is 10.5. The summed E-state index contributed by atoms with van der Waals surface area (Å²) >= 11 is 6.08. The molecule has 0 saturated carbocycles. The highest BCUT2D eigenvalue weighted by molar-refractivity contribution is 7.92. The quantitative estimate of drug-likeness (QED) is 0.354. The van der Waals surface area contributed by atoms with E-state index >= 15 is 0 Å². The average molecular weight is 525 g/mol. The molecule has 12 heteroatoms. The molecule has 1 N–H and O–H groups in total. The van der Waals surface area contributed by atoms with Crippen LogP contribution in [0, 0.1) is 10.1 Å². The van der Waals surface area contributed by atoms with Gasteiger partial charge in [-0.05, 0) is 44.0 Å². The number of nitrogens with one attached hydrogen (secondary N) is 1. The standard InChI is InChI=1S/C23H29ClN4O6S/c1-5-16(2)25-23(30)17(3)26(14-18-8-6-9-19(24)12-18)22(29)15-27(35(4,33)34)20-10-7-11-21(13-20)28(31)32/h6-13,16-17H,5,14-15H2,1-4H3,(H,25,30)/t16-,17-/m1/s1. The van der Waals surface area contributed by atoms with E-state index in [-0.39, 0.29) is 24.0 Å². The van der Waals surface area contributed by atoms with Crippen molar-refractivity contribution in [3.8, 4) is 0 Å². The molecule has 0 heterocycles. The van der Waals surface area contributed by atoms with Crippen molar-refractivity contribution in [3.05, 3.63) is 69.2 Å². The Morgan fingerprint density at radius 1 is 1.14 bits per heavy atom. The summed E-state index contributed by atoms with van der Waals surface area (Å²) in [6.07, 6.45) is 1.59. The number of nitro groups is 1. The van der Waals surface area contributed by atoms with Gasteiger partial charge in [0.2, 0.25) is 21.8 Å². The molecule has 35 heavy (non-hydrogen) atoms. The minimum atomic E-state index is -4.00. The maximum absolute atomic E-state index is 13.5. The molecule has 2 atom stereocenters. The first-order valence-corrected chi connectivity index (χ1v) is 13.1. The number of halogens is 1. The van der Waals surface area contributed by atoms with Crippen molar-refractivity contribution in [2.45, 2.75) is 45.8 Å². The van der Waals surface area contributed by atoms with Crippen LogP contribution in [0.5, 0.6) is 0 Å². The smallest absolute Gasteiger partial charge is 0.271 e. The Balaban J connectivity index is 2.43. The van der Waals surface area contributed by atoms with Gasteiger partial charge in [0.05, 0.1) is 16.9 Å². The van der Waals surface area contributed by atoms with E-state index in [1.54, 1.807) is 31.2 Å². The van der Waals surface area contributed by atoms with Gasteiger partial charge in [-0.3, -0.25) is 24.0 Å². The summed E-state index contributed by atoms with van der Waals surface area (Å²) in [5.41, 5.74) is 0.297. The Morgan fingerprint density at radius 3 is 2.37 bits per heavy atom. The minimum absolute atomic E-state index is 0.00102. The average Bonchev–Trinajstić information content (AvgIpc) is 2.79. The number of hydrogen-bond donors (Lipinski definition) is 1. The molecular formula is C23H29ClN4O6S. The van der Waals surface area contributed by atoms with Gasteiger partial charge in [-0.1, -0.05) is 36.7 Å². The third kappa shape index (κ3) is 7.93. The zero-order valence-electron chi connectivity index (χ0n) is 20.0. The van der Waals surface area contributed by atoms with Crippen LogP contribution in [0.25, 0.3) is 0 Å². The first kappa shape index (κ1) is 28.1. The second-order valence-electron chi connectivity index (χ2n) is 8.19. The van der Waals surface area contributed by atoms with Crippen LogP contribution < -0.4 is 9.62 Å². The molecule has 2 aromatic carbocycles. The number of nitrogens with zero attached hydrogens (tertiary/aromatic N) is 3. The fourth-order valence-electron chi connectivity index (χ4n) is 3.26.